The maximum absolute atomic E-state index is 5.97. The van der Waals surface area contributed by atoms with Crippen LogP contribution in [0.1, 0.15) is 46.5 Å². The molecule has 92 valence electrons. The van der Waals surface area contributed by atoms with Gasteiger partial charge in [0.2, 0.25) is 0 Å². The van der Waals surface area contributed by atoms with Gasteiger partial charge in [0.05, 0.1) is 6.54 Å². The first-order valence-electron chi connectivity index (χ1n) is 6.48. The standard InChI is InChI=1S/C14H26N2/c1-4-5-9-16-14(11-15)8-6-7-13(10-14)12(2)3/h12-13,16H,6-11,15H2,1-3H3. The second-order valence-electron chi connectivity index (χ2n) is 5.37. The lowest BCUT2D eigenvalue weighted by Gasteiger charge is -2.42. The molecular formula is C14H26N2. The van der Waals surface area contributed by atoms with Crippen molar-refractivity contribution in [2.24, 2.45) is 17.6 Å². The zero-order valence-corrected chi connectivity index (χ0v) is 11.0. The molecule has 0 aromatic heterocycles. The van der Waals surface area contributed by atoms with Crippen molar-refractivity contribution in [3.05, 3.63) is 0 Å². The van der Waals surface area contributed by atoms with Crippen molar-refractivity contribution in [1.82, 2.24) is 5.32 Å². The van der Waals surface area contributed by atoms with Crippen LogP contribution in [-0.2, 0) is 0 Å². The fourth-order valence-electron chi connectivity index (χ4n) is 2.72. The lowest BCUT2D eigenvalue weighted by molar-refractivity contribution is 0.158. The minimum atomic E-state index is 0.150. The van der Waals surface area contributed by atoms with Crippen LogP contribution >= 0.6 is 0 Å². The molecule has 1 aliphatic rings. The quantitative estimate of drug-likeness (QED) is 0.715. The van der Waals surface area contributed by atoms with Gasteiger partial charge in [-0.05, 0) is 31.6 Å². The molecule has 0 aromatic carbocycles. The van der Waals surface area contributed by atoms with Crippen LogP contribution in [0.4, 0.5) is 0 Å². The van der Waals surface area contributed by atoms with Gasteiger partial charge < -0.3 is 5.73 Å². The van der Waals surface area contributed by atoms with E-state index in [1.807, 2.05) is 6.92 Å². The fourth-order valence-corrected chi connectivity index (χ4v) is 2.72. The topological polar surface area (TPSA) is 38.0 Å². The van der Waals surface area contributed by atoms with E-state index in [9.17, 15) is 0 Å². The summed E-state index contributed by atoms with van der Waals surface area (Å²) in [7, 11) is 0. The van der Waals surface area contributed by atoms with Crippen LogP contribution < -0.4 is 11.1 Å². The molecule has 0 aromatic rings. The molecule has 2 unspecified atom stereocenters. The van der Waals surface area contributed by atoms with Gasteiger partial charge >= 0.3 is 0 Å². The Kier molecular flexibility index (Phi) is 5.31. The van der Waals surface area contributed by atoms with Crippen LogP contribution in [0, 0.1) is 23.7 Å². The van der Waals surface area contributed by atoms with E-state index >= 15 is 0 Å². The van der Waals surface area contributed by atoms with Gasteiger partial charge in [0.15, 0.2) is 0 Å². The Hall–Kier alpha value is -0.520. The summed E-state index contributed by atoms with van der Waals surface area (Å²) < 4.78 is 0. The summed E-state index contributed by atoms with van der Waals surface area (Å²) in [6.45, 7) is 8.04. The first kappa shape index (κ1) is 13.5. The average Bonchev–Trinajstić information content (AvgIpc) is 2.30. The van der Waals surface area contributed by atoms with Crippen molar-refractivity contribution in [3.63, 3.8) is 0 Å². The molecule has 0 amide bonds. The third-order valence-corrected chi connectivity index (χ3v) is 3.95. The molecule has 1 fully saturated rings. The Morgan fingerprint density at radius 2 is 2.25 bits per heavy atom. The zero-order valence-electron chi connectivity index (χ0n) is 11.0. The van der Waals surface area contributed by atoms with Crippen molar-refractivity contribution in [3.8, 4) is 11.8 Å². The molecule has 3 N–H and O–H groups in total. The summed E-state index contributed by atoms with van der Waals surface area (Å²) >= 11 is 0. The van der Waals surface area contributed by atoms with Gasteiger partial charge in [-0.25, -0.2) is 0 Å². The van der Waals surface area contributed by atoms with Crippen LogP contribution in [-0.4, -0.2) is 18.6 Å². The Morgan fingerprint density at radius 3 is 2.81 bits per heavy atom. The van der Waals surface area contributed by atoms with Crippen molar-refractivity contribution in [2.45, 2.75) is 52.0 Å². The van der Waals surface area contributed by atoms with Crippen LogP contribution in [0.5, 0.6) is 0 Å². The second-order valence-corrected chi connectivity index (χ2v) is 5.37. The molecule has 0 radical (unpaired) electrons. The average molecular weight is 222 g/mol. The highest BCUT2D eigenvalue weighted by Crippen LogP contribution is 2.35. The highest BCUT2D eigenvalue weighted by atomic mass is 15.0. The lowest BCUT2D eigenvalue weighted by Crippen LogP contribution is -2.54. The smallest absolute Gasteiger partial charge is 0.0581 e. The predicted octanol–water partition coefficient (Wildman–Crippen LogP) is 2.14. The maximum Gasteiger partial charge on any atom is 0.0581 e. The van der Waals surface area contributed by atoms with Crippen LogP contribution in [0.2, 0.25) is 0 Å². The molecule has 2 nitrogen and oxygen atoms in total. The summed E-state index contributed by atoms with van der Waals surface area (Å²) in [5.41, 5.74) is 6.12. The van der Waals surface area contributed by atoms with Crippen molar-refractivity contribution < 1.29 is 0 Å². The SMILES string of the molecule is CC#CCNC1(CN)CCCC(C(C)C)C1. The molecule has 2 heteroatoms. The van der Waals surface area contributed by atoms with E-state index < -0.39 is 0 Å². The van der Waals surface area contributed by atoms with E-state index in [1.54, 1.807) is 0 Å². The lowest BCUT2D eigenvalue weighted by atomic mass is 9.71. The van der Waals surface area contributed by atoms with Gasteiger partial charge in [-0.1, -0.05) is 32.6 Å². The maximum atomic E-state index is 5.97. The van der Waals surface area contributed by atoms with E-state index in [2.05, 4.69) is 31.0 Å². The van der Waals surface area contributed by atoms with Gasteiger partial charge in [0.1, 0.15) is 0 Å². The Morgan fingerprint density at radius 1 is 1.50 bits per heavy atom. The molecule has 0 aliphatic heterocycles. The van der Waals surface area contributed by atoms with Gasteiger partial charge in [0.25, 0.3) is 0 Å². The van der Waals surface area contributed by atoms with Gasteiger partial charge in [0, 0.05) is 12.1 Å². The number of nitrogens with one attached hydrogen (secondary N) is 1. The zero-order chi connectivity index (χ0) is 12.0. The first-order chi connectivity index (χ1) is 7.63. The van der Waals surface area contributed by atoms with Crippen molar-refractivity contribution in [2.75, 3.05) is 13.1 Å². The van der Waals surface area contributed by atoms with E-state index in [-0.39, 0.29) is 5.54 Å². The summed E-state index contributed by atoms with van der Waals surface area (Å²) in [4.78, 5) is 0. The first-order valence-corrected chi connectivity index (χ1v) is 6.48. The van der Waals surface area contributed by atoms with Gasteiger partial charge in [-0.2, -0.15) is 0 Å². The minimum absolute atomic E-state index is 0.150. The van der Waals surface area contributed by atoms with Crippen LogP contribution in [0.25, 0.3) is 0 Å². The summed E-state index contributed by atoms with van der Waals surface area (Å²) in [5, 5.41) is 3.57. The molecule has 1 rings (SSSR count). The molecule has 16 heavy (non-hydrogen) atoms. The Bertz CT molecular complexity index is 262. The predicted molar refractivity (Wildman–Crippen MR) is 70.0 cm³/mol. The molecule has 0 bridgehead atoms. The highest BCUT2D eigenvalue weighted by molar-refractivity contribution is 5.02. The third-order valence-electron chi connectivity index (χ3n) is 3.95. The second kappa shape index (κ2) is 6.27. The minimum Gasteiger partial charge on any atom is -0.329 e. The van der Waals surface area contributed by atoms with Gasteiger partial charge in [-0.15, -0.1) is 5.92 Å². The summed E-state index contributed by atoms with van der Waals surface area (Å²) in [5.74, 6) is 7.60. The van der Waals surface area contributed by atoms with Crippen molar-refractivity contribution >= 4 is 0 Å². The summed E-state index contributed by atoms with van der Waals surface area (Å²) in [6.07, 6.45) is 5.08. The number of hydrogen-bond donors (Lipinski definition) is 2. The highest BCUT2D eigenvalue weighted by Gasteiger charge is 2.35. The number of hydrogen-bond acceptors (Lipinski definition) is 2. The fraction of sp³-hybridized carbons (Fsp3) is 0.857. The van der Waals surface area contributed by atoms with Crippen LogP contribution in [0.3, 0.4) is 0 Å². The molecule has 0 heterocycles. The van der Waals surface area contributed by atoms with E-state index in [0.29, 0.717) is 0 Å². The molecule has 2 atom stereocenters. The van der Waals surface area contributed by atoms with E-state index in [1.165, 1.54) is 25.7 Å². The van der Waals surface area contributed by atoms with Crippen LogP contribution in [0.15, 0.2) is 0 Å². The summed E-state index contributed by atoms with van der Waals surface area (Å²) in [6, 6.07) is 0. The van der Waals surface area contributed by atoms with E-state index in [0.717, 1.165) is 24.9 Å². The monoisotopic (exact) mass is 222 g/mol. The van der Waals surface area contributed by atoms with Crippen molar-refractivity contribution in [1.29, 1.82) is 0 Å². The molecule has 1 saturated carbocycles. The van der Waals surface area contributed by atoms with Gasteiger partial charge in [-0.3, -0.25) is 5.32 Å². The molecular weight excluding hydrogens is 196 g/mol. The molecule has 0 saturated heterocycles. The molecule has 0 spiro atoms. The molecule has 1 aliphatic carbocycles. The number of rotatable bonds is 4. The number of nitrogens with two attached hydrogens (primary N) is 1. The largest absolute Gasteiger partial charge is 0.329 e. The Labute approximate surface area is 100 Å². The third kappa shape index (κ3) is 3.50. The Balaban J connectivity index is 2.58. The normalized spacial score (nSPS) is 29.9. The van der Waals surface area contributed by atoms with E-state index in [4.69, 9.17) is 5.73 Å².